The molecular weight excluding hydrogens is 420 g/mol. The van der Waals surface area contributed by atoms with E-state index in [2.05, 4.69) is 30.9 Å². The predicted molar refractivity (Wildman–Crippen MR) is 141 cm³/mol. The molecule has 0 radical (unpaired) electrons. The Balaban J connectivity index is 1.65. The number of rotatable bonds is 4. The van der Waals surface area contributed by atoms with Crippen LogP contribution in [0.25, 0.3) is 27.7 Å². The molecule has 1 fully saturated rings. The molecule has 0 unspecified atom stereocenters. The number of piperidine rings is 1. The van der Waals surface area contributed by atoms with E-state index in [1.807, 2.05) is 54.6 Å². The lowest BCUT2D eigenvalue weighted by Gasteiger charge is -2.41. The summed E-state index contributed by atoms with van der Waals surface area (Å²) in [6, 6.07) is 26.6. The van der Waals surface area contributed by atoms with Crippen LogP contribution in [0.3, 0.4) is 0 Å². The van der Waals surface area contributed by atoms with Gasteiger partial charge in [-0.25, -0.2) is 0 Å². The number of benzene rings is 3. The third kappa shape index (κ3) is 3.87. The molecule has 2 heterocycles. The van der Waals surface area contributed by atoms with Gasteiger partial charge in [-0.1, -0.05) is 36.4 Å². The fourth-order valence-corrected chi connectivity index (χ4v) is 5.28. The van der Waals surface area contributed by atoms with Crippen LogP contribution in [0.15, 0.2) is 83.7 Å². The number of amidine groups is 1. The maximum atomic E-state index is 13.8. The van der Waals surface area contributed by atoms with E-state index in [0.29, 0.717) is 23.2 Å². The molecule has 0 bridgehead atoms. The molecule has 4 aromatic rings. The van der Waals surface area contributed by atoms with Crippen LogP contribution < -0.4 is 16.2 Å². The van der Waals surface area contributed by atoms with Crippen molar-refractivity contribution in [1.29, 1.82) is 5.41 Å². The summed E-state index contributed by atoms with van der Waals surface area (Å²) in [6.07, 6.45) is 3.69. The van der Waals surface area contributed by atoms with Crippen molar-refractivity contribution in [3.8, 4) is 16.8 Å². The summed E-state index contributed by atoms with van der Waals surface area (Å²) in [5, 5.41) is 8.76. The molecule has 5 heteroatoms. The van der Waals surface area contributed by atoms with Crippen LogP contribution in [0.4, 0.5) is 5.69 Å². The molecule has 34 heavy (non-hydrogen) atoms. The van der Waals surface area contributed by atoms with E-state index in [0.717, 1.165) is 22.2 Å². The van der Waals surface area contributed by atoms with Gasteiger partial charge in [0.2, 0.25) is 0 Å². The van der Waals surface area contributed by atoms with Gasteiger partial charge < -0.3 is 10.6 Å². The molecule has 0 spiro atoms. The highest BCUT2D eigenvalue weighted by Gasteiger charge is 2.25. The van der Waals surface area contributed by atoms with E-state index >= 15 is 0 Å². The van der Waals surface area contributed by atoms with Crippen LogP contribution in [0.1, 0.15) is 38.7 Å². The third-order valence-electron chi connectivity index (χ3n) is 7.00. The largest absolute Gasteiger partial charge is 0.384 e. The van der Waals surface area contributed by atoms with Gasteiger partial charge in [0.05, 0.1) is 5.52 Å². The summed E-state index contributed by atoms with van der Waals surface area (Å²) < 4.78 is 1.79. The van der Waals surface area contributed by atoms with Crippen LogP contribution in [0, 0.1) is 5.41 Å². The van der Waals surface area contributed by atoms with Crippen LogP contribution in [-0.4, -0.2) is 22.5 Å². The standard InChI is InChI=1S/C29H30N4O/c1-19-7-5-8-20(2)32(19)24-13-15-25(16-14-24)33-27-12-4-3-9-22(27)18-26(29(33)34)21-10-6-11-23(17-21)28(30)31/h3-4,6,9-20H,5,7-8H2,1-2H3,(H3,30,31)/t19-,20+. The number of nitrogens with one attached hydrogen (secondary N) is 1. The van der Waals surface area contributed by atoms with Crippen LogP contribution in [0.5, 0.6) is 0 Å². The fraction of sp³-hybridized carbons (Fsp3) is 0.241. The number of anilines is 1. The number of nitrogen functional groups attached to an aromatic ring is 1. The Morgan fingerprint density at radius 3 is 2.26 bits per heavy atom. The SMILES string of the molecule is C[C@@H]1CCC[C@H](C)N1c1ccc(-n2c(=O)c(-c3cccc(C(=N)N)c3)cc3ccccc32)cc1. The highest BCUT2D eigenvalue weighted by Crippen LogP contribution is 2.30. The molecule has 5 nitrogen and oxygen atoms in total. The minimum absolute atomic E-state index is 0.0141. The van der Waals surface area contributed by atoms with Crippen LogP contribution >= 0.6 is 0 Å². The normalized spacial score (nSPS) is 18.2. The molecule has 3 N–H and O–H groups in total. The van der Waals surface area contributed by atoms with Crippen molar-refractivity contribution in [2.24, 2.45) is 5.73 Å². The number of aromatic nitrogens is 1. The van der Waals surface area contributed by atoms with Gasteiger partial charge in [-0.2, -0.15) is 0 Å². The maximum Gasteiger partial charge on any atom is 0.263 e. The number of para-hydroxylation sites is 1. The Morgan fingerprint density at radius 2 is 1.56 bits per heavy atom. The van der Waals surface area contributed by atoms with E-state index in [-0.39, 0.29) is 11.4 Å². The fourth-order valence-electron chi connectivity index (χ4n) is 5.28. The van der Waals surface area contributed by atoms with Gasteiger partial charge in [0, 0.05) is 34.6 Å². The molecule has 1 aromatic heterocycles. The zero-order valence-corrected chi connectivity index (χ0v) is 19.7. The summed E-state index contributed by atoms with van der Waals surface area (Å²) in [7, 11) is 0. The smallest absolute Gasteiger partial charge is 0.263 e. The van der Waals surface area contributed by atoms with Crippen molar-refractivity contribution in [1.82, 2.24) is 4.57 Å². The second kappa shape index (κ2) is 8.82. The zero-order chi connectivity index (χ0) is 23.8. The average Bonchev–Trinajstić information content (AvgIpc) is 2.84. The lowest BCUT2D eigenvalue weighted by molar-refractivity contribution is 0.414. The first-order valence-electron chi connectivity index (χ1n) is 11.9. The average molecular weight is 451 g/mol. The molecule has 1 aliphatic heterocycles. The minimum atomic E-state index is -0.0909. The minimum Gasteiger partial charge on any atom is -0.384 e. The summed E-state index contributed by atoms with van der Waals surface area (Å²) in [5.74, 6) is -0.0141. The number of nitrogens with two attached hydrogens (primary N) is 1. The highest BCUT2D eigenvalue weighted by molar-refractivity contribution is 5.96. The van der Waals surface area contributed by atoms with Gasteiger partial charge in [0.25, 0.3) is 5.56 Å². The first kappa shape index (κ1) is 22.0. The van der Waals surface area contributed by atoms with E-state index in [9.17, 15) is 4.79 Å². The van der Waals surface area contributed by atoms with E-state index in [4.69, 9.17) is 11.1 Å². The summed E-state index contributed by atoms with van der Waals surface area (Å²) in [5.41, 5.74) is 10.5. The Kier molecular flexibility index (Phi) is 5.70. The number of hydrogen-bond acceptors (Lipinski definition) is 3. The Bertz CT molecular complexity index is 1410. The number of pyridine rings is 1. The molecule has 0 amide bonds. The van der Waals surface area contributed by atoms with Crippen molar-refractivity contribution in [2.75, 3.05) is 4.90 Å². The van der Waals surface area contributed by atoms with Gasteiger partial charge in [0.1, 0.15) is 5.84 Å². The number of fused-ring (bicyclic) bond motifs is 1. The summed E-state index contributed by atoms with van der Waals surface area (Å²) >= 11 is 0. The van der Waals surface area contributed by atoms with Crippen molar-refractivity contribution in [3.05, 3.63) is 94.8 Å². The Labute approximate surface area is 200 Å². The van der Waals surface area contributed by atoms with Gasteiger partial charge in [0.15, 0.2) is 0 Å². The van der Waals surface area contributed by atoms with Crippen molar-refractivity contribution >= 4 is 22.4 Å². The van der Waals surface area contributed by atoms with E-state index in [1.165, 1.54) is 24.9 Å². The molecule has 2 atom stereocenters. The lowest BCUT2D eigenvalue weighted by Crippen LogP contribution is -2.43. The topological polar surface area (TPSA) is 75.1 Å². The molecule has 0 aliphatic carbocycles. The molecule has 5 rings (SSSR count). The number of hydrogen-bond donors (Lipinski definition) is 2. The first-order chi connectivity index (χ1) is 16.4. The maximum absolute atomic E-state index is 13.8. The lowest BCUT2D eigenvalue weighted by atomic mass is 9.96. The first-order valence-corrected chi connectivity index (χ1v) is 11.9. The molecule has 1 saturated heterocycles. The van der Waals surface area contributed by atoms with Crippen LogP contribution in [-0.2, 0) is 0 Å². The van der Waals surface area contributed by atoms with Crippen molar-refractivity contribution < 1.29 is 0 Å². The molecule has 172 valence electrons. The zero-order valence-electron chi connectivity index (χ0n) is 19.7. The predicted octanol–water partition coefficient (Wildman–Crippen LogP) is 5.71. The molecule has 3 aromatic carbocycles. The number of nitrogens with zero attached hydrogens (tertiary/aromatic N) is 2. The Hall–Kier alpha value is -3.86. The van der Waals surface area contributed by atoms with Gasteiger partial charge in [-0.05, 0) is 86.5 Å². The van der Waals surface area contributed by atoms with Crippen LogP contribution in [0.2, 0.25) is 0 Å². The van der Waals surface area contributed by atoms with Crippen molar-refractivity contribution in [3.63, 3.8) is 0 Å². The second-order valence-electron chi connectivity index (χ2n) is 9.30. The van der Waals surface area contributed by atoms with Gasteiger partial charge in [-0.15, -0.1) is 0 Å². The highest BCUT2D eigenvalue weighted by atomic mass is 16.1. The quantitative estimate of drug-likeness (QED) is 0.309. The van der Waals surface area contributed by atoms with Gasteiger partial charge >= 0.3 is 0 Å². The van der Waals surface area contributed by atoms with E-state index < -0.39 is 0 Å². The molecular formula is C29H30N4O. The second-order valence-corrected chi connectivity index (χ2v) is 9.30. The van der Waals surface area contributed by atoms with E-state index in [1.54, 1.807) is 16.7 Å². The van der Waals surface area contributed by atoms with Crippen molar-refractivity contribution in [2.45, 2.75) is 45.2 Å². The Morgan fingerprint density at radius 1 is 0.882 bits per heavy atom. The molecule has 1 aliphatic rings. The monoisotopic (exact) mass is 450 g/mol. The molecule has 0 saturated carbocycles. The summed E-state index contributed by atoms with van der Waals surface area (Å²) in [6.45, 7) is 4.58. The summed E-state index contributed by atoms with van der Waals surface area (Å²) in [4.78, 5) is 16.3. The third-order valence-corrected chi connectivity index (χ3v) is 7.00. The van der Waals surface area contributed by atoms with Gasteiger partial charge in [-0.3, -0.25) is 14.8 Å².